The van der Waals surface area contributed by atoms with Gasteiger partial charge in [0, 0.05) is 12.3 Å². The zero-order valence-electron chi connectivity index (χ0n) is 20.8. The molecule has 2 aliphatic rings. The minimum absolute atomic E-state index is 0.0844. The van der Waals surface area contributed by atoms with Crippen molar-refractivity contribution in [3.05, 3.63) is 52.6 Å². The third-order valence-corrected chi connectivity index (χ3v) is 5.80. The Hall–Kier alpha value is -4.38. The summed E-state index contributed by atoms with van der Waals surface area (Å²) in [5.41, 5.74) is 6.97. The van der Waals surface area contributed by atoms with Gasteiger partial charge in [-0.05, 0) is 30.2 Å². The van der Waals surface area contributed by atoms with E-state index in [0.717, 1.165) is 28.8 Å². The van der Waals surface area contributed by atoms with E-state index in [0.29, 0.717) is 0 Å². The average molecular weight is 572 g/mol. The number of halogens is 3. The van der Waals surface area contributed by atoms with Crippen molar-refractivity contribution in [2.45, 2.75) is 50.8 Å². The van der Waals surface area contributed by atoms with Crippen molar-refractivity contribution in [3.63, 3.8) is 0 Å². The second-order valence-corrected chi connectivity index (χ2v) is 8.95. The molecule has 0 saturated carbocycles. The van der Waals surface area contributed by atoms with Gasteiger partial charge in [-0.1, -0.05) is 13.8 Å². The van der Waals surface area contributed by atoms with E-state index >= 15 is 0 Å². The molecule has 2 saturated heterocycles. The maximum Gasteiger partial charge on any atom is 0.573 e. The van der Waals surface area contributed by atoms with E-state index in [1.165, 1.54) is 12.3 Å². The normalized spacial score (nSPS) is 22.6. The number of nitrogens with two attached hydrogens (primary N) is 1. The summed E-state index contributed by atoms with van der Waals surface area (Å²) in [7, 11) is 0. The number of ether oxygens (including phenoxy) is 5. The van der Waals surface area contributed by atoms with Crippen LogP contribution in [-0.4, -0.2) is 65.0 Å². The van der Waals surface area contributed by atoms with Crippen LogP contribution in [0.15, 0.2) is 41.3 Å². The summed E-state index contributed by atoms with van der Waals surface area (Å²) in [6, 6.07) is 4.39. The highest BCUT2D eigenvalue weighted by Gasteiger charge is 2.55. The number of fused-ring (bicyclic) bond motifs is 1. The fourth-order valence-electron chi connectivity index (χ4n) is 3.72. The molecule has 17 heteroatoms. The molecule has 3 heterocycles. The van der Waals surface area contributed by atoms with E-state index in [2.05, 4.69) is 15.2 Å². The number of nitrogens with zero attached hydrogens (tertiary/aromatic N) is 2. The van der Waals surface area contributed by atoms with E-state index in [-0.39, 0.29) is 17.3 Å². The lowest BCUT2D eigenvalue weighted by Crippen LogP contribution is -2.38. The Bertz CT molecular complexity index is 1320. The number of esters is 1. The highest BCUT2D eigenvalue weighted by Crippen LogP contribution is 2.37. The van der Waals surface area contributed by atoms with Gasteiger partial charge in [0.15, 0.2) is 24.3 Å². The number of benzene rings is 1. The van der Waals surface area contributed by atoms with Gasteiger partial charge in [0.25, 0.3) is 0 Å². The van der Waals surface area contributed by atoms with Crippen LogP contribution in [0.1, 0.15) is 30.4 Å². The number of carbonyl (C=O) groups excluding carboxylic acids is 3. The minimum atomic E-state index is -4.89. The van der Waals surface area contributed by atoms with Crippen LogP contribution in [0.3, 0.4) is 0 Å². The number of hydrogen-bond acceptors (Lipinski definition) is 13. The van der Waals surface area contributed by atoms with Crippen molar-refractivity contribution >= 4 is 23.9 Å². The molecule has 1 aromatic carbocycles. The van der Waals surface area contributed by atoms with E-state index in [9.17, 15) is 32.3 Å². The smallest absolute Gasteiger partial charge is 0.459 e. The summed E-state index contributed by atoms with van der Waals surface area (Å²) in [6.07, 6.45) is -9.13. The van der Waals surface area contributed by atoms with Crippen molar-refractivity contribution in [3.8, 4) is 5.75 Å². The maximum atomic E-state index is 12.7. The fourth-order valence-corrected chi connectivity index (χ4v) is 3.72. The Morgan fingerprint density at radius 2 is 1.80 bits per heavy atom. The highest BCUT2D eigenvalue weighted by atomic mass is 19.4. The van der Waals surface area contributed by atoms with Gasteiger partial charge in [-0.2, -0.15) is 4.98 Å². The lowest BCUT2D eigenvalue weighted by molar-refractivity contribution is -0.274. The molecule has 0 bridgehead atoms. The lowest BCUT2D eigenvalue weighted by Gasteiger charge is -2.19. The van der Waals surface area contributed by atoms with Crippen LogP contribution in [-0.2, 0) is 28.6 Å². The molecule has 2 aliphatic heterocycles. The third kappa shape index (κ3) is 6.60. The molecule has 2 aromatic rings. The molecule has 1 aromatic heterocycles. The standard InChI is InChI=1S/C23H23F3N4O10/c1-10(2)15(27)20(32)40-29-14-7-8-30(21(33)28-14)18-17-16(37-22(34)38-17)13(36-18)9-35-19(31)11-3-5-12(6-4-11)39-23(24,25)26/h3-8,10,13,15-18H,9,27H2,1-2H3,(H,28,29,33)/t13-,15-,16-,17-,18-/m1/s1. The molecule has 216 valence electrons. The second kappa shape index (κ2) is 11.4. The van der Waals surface area contributed by atoms with Crippen LogP contribution in [0.5, 0.6) is 5.75 Å². The number of carbonyl (C=O) groups is 3. The molecular formula is C23H23F3N4O10. The van der Waals surface area contributed by atoms with Crippen LogP contribution >= 0.6 is 0 Å². The zero-order valence-corrected chi connectivity index (χ0v) is 20.8. The molecule has 0 amide bonds. The third-order valence-electron chi connectivity index (χ3n) is 5.80. The summed E-state index contributed by atoms with van der Waals surface area (Å²) >= 11 is 0. The van der Waals surface area contributed by atoms with Gasteiger partial charge in [-0.25, -0.2) is 24.7 Å². The van der Waals surface area contributed by atoms with E-state index in [4.69, 9.17) is 29.5 Å². The molecule has 0 radical (unpaired) electrons. The van der Waals surface area contributed by atoms with Gasteiger partial charge >= 0.3 is 30.1 Å². The predicted molar refractivity (Wildman–Crippen MR) is 123 cm³/mol. The van der Waals surface area contributed by atoms with E-state index in [1.807, 2.05) is 0 Å². The summed E-state index contributed by atoms with van der Waals surface area (Å²) < 4.78 is 62.9. The average Bonchev–Trinajstić information content (AvgIpc) is 3.42. The highest BCUT2D eigenvalue weighted by molar-refractivity contribution is 5.89. The Labute approximate surface area is 223 Å². The van der Waals surface area contributed by atoms with E-state index in [1.54, 1.807) is 13.8 Å². The van der Waals surface area contributed by atoms with Gasteiger partial charge in [-0.3, -0.25) is 4.57 Å². The summed E-state index contributed by atoms with van der Waals surface area (Å²) in [4.78, 5) is 57.3. The molecule has 0 aliphatic carbocycles. The number of aromatic nitrogens is 2. The Morgan fingerprint density at radius 1 is 1.12 bits per heavy atom. The first-order valence-electron chi connectivity index (χ1n) is 11.7. The SMILES string of the molecule is CC(C)[C@@H](N)C(=O)ONc1ccn([C@@H]2O[C@H](COC(=O)c3ccc(OC(F)(F)F)cc3)[C@H]3OC(=O)O[C@H]32)c(=O)n1. The molecule has 0 unspecified atom stereocenters. The van der Waals surface area contributed by atoms with Gasteiger partial charge in [0.05, 0.1) is 5.56 Å². The first kappa shape index (κ1) is 28.6. The van der Waals surface area contributed by atoms with Gasteiger partial charge in [-0.15, -0.1) is 13.2 Å². The number of alkyl halides is 3. The van der Waals surface area contributed by atoms with Crippen LogP contribution < -0.4 is 21.6 Å². The predicted octanol–water partition coefficient (Wildman–Crippen LogP) is 1.65. The summed E-state index contributed by atoms with van der Waals surface area (Å²) in [5, 5.41) is 0. The van der Waals surface area contributed by atoms with Crippen LogP contribution in [0.4, 0.5) is 23.8 Å². The number of rotatable bonds is 9. The minimum Gasteiger partial charge on any atom is -0.459 e. The van der Waals surface area contributed by atoms with Crippen LogP contribution in [0.2, 0.25) is 0 Å². The first-order valence-corrected chi connectivity index (χ1v) is 11.7. The topological polar surface area (TPSA) is 180 Å². The maximum absolute atomic E-state index is 12.7. The largest absolute Gasteiger partial charge is 0.573 e. The number of nitrogens with one attached hydrogen (secondary N) is 1. The number of anilines is 1. The van der Waals surface area contributed by atoms with E-state index < -0.39 is 73.1 Å². The lowest BCUT2D eigenvalue weighted by atomic mass is 10.1. The number of hydrogen-bond donors (Lipinski definition) is 2. The van der Waals surface area contributed by atoms with Gasteiger partial charge in [0.2, 0.25) is 0 Å². The van der Waals surface area contributed by atoms with Crippen LogP contribution in [0.25, 0.3) is 0 Å². The molecule has 5 atom stereocenters. The Morgan fingerprint density at radius 3 is 2.42 bits per heavy atom. The first-order chi connectivity index (χ1) is 18.8. The van der Waals surface area contributed by atoms with Crippen molar-refractivity contribution in [2.24, 2.45) is 11.7 Å². The van der Waals surface area contributed by atoms with Crippen LogP contribution in [0, 0.1) is 5.92 Å². The molecular weight excluding hydrogens is 549 g/mol. The quantitative estimate of drug-likeness (QED) is 0.252. The molecule has 40 heavy (non-hydrogen) atoms. The molecule has 0 spiro atoms. The monoisotopic (exact) mass is 572 g/mol. The Kier molecular flexibility index (Phi) is 8.15. The summed E-state index contributed by atoms with van der Waals surface area (Å²) in [5.74, 6) is -2.50. The van der Waals surface area contributed by atoms with Gasteiger partial charge in [0.1, 0.15) is 24.5 Å². The second-order valence-electron chi connectivity index (χ2n) is 8.95. The molecule has 4 rings (SSSR count). The van der Waals surface area contributed by atoms with Crippen molar-refractivity contribution < 1.29 is 56.1 Å². The Balaban J connectivity index is 1.39. The van der Waals surface area contributed by atoms with Crippen molar-refractivity contribution in [2.75, 3.05) is 12.1 Å². The van der Waals surface area contributed by atoms with Crippen molar-refractivity contribution in [1.82, 2.24) is 9.55 Å². The fraction of sp³-hybridized carbons (Fsp3) is 0.435. The summed E-state index contributed by atoms with van der Waals surface area (Å²) in [6.45, 7) is 2.99. The molecule has 14 nitrogen and oxygen atoms in total. The zero-order chi connectivity index (χ0) is 29.2. The van der Waals surface area contributed by atoms with Crippen molar-refractivity contribution in [1.29, 1.82) is 0 Å². The molecule has 2 fully saturated rings. The molecule has 3 N–H and O–H groups in total. The van der Waals surface area contributed by atoms with Gasteiger partial charge < -0.3 is 34.3 Å².